The van der Waals surface area contributed by atoms with E-state index < -0.39 is 0 Å². The molecule has 4 rings (SSSR count). The highest BCUT2D eigenvalue weighted by molar-refractivity contribution is 5.86. The number of aromatic nitrogens is 1. The lowest BCUT2D eigenvalue weighted by Gasteiger charge is -2.24. The predicted octanol–water partition coefficient (Wildman–Crippen LogP) is 4.86. The monoisotopic (exact) mass is 326 g/mol. The Balaban J connectivity index is 1.75. The first kappa shape index (κ1) is 16.0. The van der Waals surface area contributed by atoms with Gasteiger partial charge in [-0.15, -0.1) is 0 Å². The first-order chi connectivity index (χ1) is 11.8. The van der Waals surface area contributed by atoms with E-state index in [1.807, 2.05) is 0 Å². The van der Waals surface area contributed by atoms with Crippen LogP contribution in [0.4, 0.5) is 0 Å². The lowest BCUT2D eigenvalue weighted by Crippen LogP contribution is -2.27. The molecule has 0 spiro atoms. The highest BCUT2D eigenvalue weighted by atomic mass is 16.5. The van der Waals surface area contributed by atoms with Crippen molar-refractivity contribution in [3.05, 3.63) is 29.5 Å². The molecule has 2 aliphatic rings. The third-order valence-corrected chi connectivity index (χ3v) is 6.27. The van der Waals surface area contributed by atoms with Crippen molar-refractivity contribution in [1.29, 1.82) is 0 Å². The summed E-state index contributed by atoms with van der Waals surface area (Å²) < 4.78 is 5.50. The summed E-state index contributed by atoms with van der Waals surface area (Å²) in [5.74, 6) is 1.69. The van der Waals surface area contributed by atoms with E-state index >= 15 is 0 Å². The summed E-state index contributed by atoms with van der Waals surface area (Å²) in [4.78, 5) is 6.35. The average Bonchev–Trinajstić information content (AvgIpc) is 3.19. The van der Waals surface area contributed by atoms with Crippen molar-refractivity contribution in [1.82, 2.24) is 9.88 Å². The Morgan fingerprint density at radius 1 is 1.12 bits per heavy atom. The van der Waals surface area contributed by atoms with Crippen molar-refractivity contribution in [3.63, 3.8) is 0 Å². The van der Waals surface area contributed by atoms with Gasteiger partial charge >= 0.3 is 0 Å². The van der Waals surface area contributed by atoms with Crippen LogP contribution in [0.1, 0.15) is 62.1 Å². The van der Waals surface area contributed by atoms with Crippen molar-refractivity contribution < 1.29 is 4.74 Å². The second-order valence-electron chi connectivity index (χ2n) is 7.74. The predicted molar refractivity (Wildman–Crippen MR) is 100 cm³/mol. The molecule has 2 aromatic rings. The minimum atomic E-state index is 0.692. The Labute approximate surface area is 145 Å². The number of methoxy groups -OCH3 is 1. The molecule has 1 aliphatic heterocycles. The fourth-order valence-corrected chi connectivity index (χ4v) is 4.81. The maximum atomic E-state index is 5.50. The number of likely N-dealkylation sites (N-methyl/N-ethyl adjacent to an activating group) is 1. The lowest BCUT2D eigenvalue weighted by atomic mass is 9.84. The molecule has 0 amide bonds. The molecular formula is C21H30N2O. The molecule has 2 heterocycles. The largest absolute Gasteiger partial charge is 0.497 e. The first-order valence-electron chi connectivity index (χ1n) is 9.65. The fraction of sp³-hybridized carbons (Fsp3) is 0.619. The van der Waals surface area contributed by atoms with Gasteiger partial charge in [-0.25, -0.2) is 0 Å². The van der Waals surface area contributed by atoms with Gasteiger partial charge in [-0.3, -0.25) is 0 Å². The molecule has 1 atom stereocenters. The molecule has 130 valence electrons. The van der Waals surface area contributed by atoms with Crippen LogP contribution < -0.4 is 4.74 Å². The normalized spacial score (nSPS) is 23.2. The summed E-state index contributed by atoms with van der Waals surface area (Å²) in [5.41, 5.74) is 4.37. The van der Waals surface area contributed by atoms with Gasteiger partial charge in [0.15, 0.2) is 0 Å². The maximum Gasteiger partial charge on any atom is 0.119 e. The van der Waals surface area contributed by atoms with E-state index in [0.29, 0.717) is 6.04 Å². The SMILES string of the molecule is COc1ccc2[nH]c(C3CCCCC3)c(C[C@H]3CCCN3C)c2c1. The van der Waals surface area contributed by atoms with E-state index in [0.717, 1.165) is 11.7 Å². The van der Waals surface area contributed by atoms with Crippen molar-refractivity contribution in [2.75, 3.05) is 20.7 Å². The van der Waals surface area contributed by atoms with Crippen LogP contribution in [-0.4, -0.2) is 36.6 Å². The first-order valence-corrected chi connectivity index (χ1v) is 9.65. The van der Waals surface area contributed by atoms with Gasteiger partial charge in [0.2, 0.25) is 0 Å². The van der Waals surface area contributed by atoms with Gasteiger partial charge in [-0.2, -0.15) is 0 Å². The molecule has 3 heteroatoms. The smallest absolute Gasteiger partial charge is 0.119 e. The molecule has 1 aromatic heterocycles. The van der Waals surface area contributed by atoms with Crippen LogP contribution in [0.5, 0.6) is 5.75 Å². The number of nitrogens with zero attached hydrogens (tertiary/aromatic N) is 1. The third-order valence-electron chi connectivity index (χ3n) is 6.27. The number of ether oxygens (including phenoxy) is 1. The standard InChI is InChI=1S/C21H30N2O/c1-23-12-6-9-16(23)13-19-18-14-17(24-2)10-11-20(18)22-21(19)15-7-4-3-5-8-15/h10-11,14-16,22H,3-9,12-13H2,1-2H3/t16-/m1/s1. The van der Waals surface area contributed by atoms with E-state index in [1.165, 1.54) is 74.5 Å². The zero-order chi connectivity index (χ0) is 16.5. The zero-order valence-electron chi connectivity index (χ0n) is 15.1. The van der Waals surface area contributed by atoms with Gasteiger partial charge in [0, 0.05) is 22.6 Å². The minimum Gasteiger partial charge on any atom is -0.497 e. The van der Waals surface area contributed by atoms with Gasteiger partial charge in [0.25, 0.3) is 0 Å². The molecule has 1 aliphatic carbocycles. The molecular weight excluding hydrogens is 296 g/mol. The van der Waals surface area contributed by atoms with Crippen molar-refractivity contribution in [3.8, 4) is 5.75 Å². The number of H-pyrrole nitrogens is 1. The topological polar surface area (TPSA) is 28.3 Å². The Bertz CT molecular complexity index is 699. The van der Waals surface area contributed by atoms with Crippen LogP contribution in [0.3, 0.4) is 0 Å². The van der Waals surface area contributed by atoms with Gasteiger partial charge in [0.1, 0.15) is 5.75 Å². The second-order valence-corrected chi connectivity index (χ2v) is 7.74. The summed E-state index contributed by atoms with van der Waals surface area (Å²) in [5, 5.41) is 1.38. The van der Waals surface area contributed by atoms with Crippen LogP contribution in [0.15, 0.2) is 18.2 Å². The van der Waals surface area contributed by atoms with Crippen LogP contribution >= 0.6 is 0 Å². The average molecular weight is 326 g/mol. The molecule has 0 radical (unpaired) electrons. The van der Waals surface area contributed by atoms with E-state index in [1.54, 1.807) is 12.7 Å². The summed E-state index contributed by atoms with van der Waals surface area (Å²) in [6.07, 6.45) is 10.7. The summed E-state index contributed by atoms with van der Waals surface area (Å²) >= 11 is 0. The van der Waals surface area contributed by atoms with Crippen LogP contribution in [0.25, 0.3) is 10.9 Å². The van der Waals surface area contributed by atoms with E-state index in [4.69, 9.17) is 4.74 Å². The maximum absolute atomic E-state index is 5.50. The van der Waals surface area contributed by atoms with Crippen molar-refractivity contribution in [2.45, 2.75) is 63.3 Å². The van der Waals surface area contributed by atoms with E-state index in [-0.39, 0.29) is 0 Å². The molecule has 1 saturated carbocycles. The Hall–Kier alpha value is -1.48. The lowest BCUT2D eigenvalue weighted by molar-refractivity contribution is 0.308. The number of benzene rings is 1. The number of hydrogen-bond acceptors (Lipinski definition) is 2. The minimum absolute atomic E-state index is 0.692. The fourth-order valence-electron chi connectivity index (χ4n) is 4.81. The highest BCUT2D eigenvalue weighted by Gasteiger charge is 2.27. The summed E-state index contributed by atoms with van der Waals surface area (Å²) in [7, 11) is 4.05. The molecule has 0 unspecified atom stereocenters. The molecule has 0 bridgehead atoms. The summed E-state index contributed by atoms with van der Waals surface area (Å²) in [6, 6.07) is 7.21. The Kier molecular flexibility index (Phi) is 4.53. The van der Waals surface area contributed by atoms with Gasteiger partial charge in [0.05, 0.1) is 7.11 Å². The van der Waals surface area contributed by atoms with Crippen LogP contribution in [-0.2, 0) is 6.42 Å². The Morgan fingerprint density at radius 3 is 2.67 bits per heavy atom. The molecule has 1 saturated heterocycles. The van der Waals surface area contributed by atoms with Crippen LogP contribution in [0, 0.1) is 0 Å². The van der Waals surface area contributed by atoms with Gasteiger partial charge in [-0.05, 0) is 75.4 Å². The number of hydrogen-bond donors (Lipinski definition) is 1. The molecule has 2 fully saturated rings. The highest BCUT2D eigenvalue weighted by Crippen LogP contribution is 2.39. The number of likely N-dealkylation sites (tertiary alicyclic amines) is 1. The number of fused-ring (bicyclic) bond motifs is 1. The summed E-state index contributed by atoms with van der Waals surface area (Å²) in [6.45, 7) is 1.25. The Morgan fingerprint density at radius 2 is 1.96 bits per heavy atom. The number of rotatable bonds is 4. The van der Waals surface area contributed by atoms with E-state index in [2.05, 4.69) is 35.1 Å². The van der Waals surface area contributed by atoms with Crippen LogP contribution in [0.2, 0.25) is 0 Å². The third kappa shape index (κ3) is 2.95. The number of aromatic amines is 1. The quantitative estimate of drug-likeness (QED) is 0.869. The van der Waals surface area contributed by atoms with Crippen molar-refractivity contribution >= 4 is 10.9 Å². The number of nitrogens with one attached hydrogen (secondary N) is 1. The van der Waals surface area contributed by atoms with Crippen molar-refractivity contribution in [2.24, 2.45) is 0 Å². The van der Waals surface area contributed by atoms with Gasteiger partial charge < -0.3 is 14.6 Å². The second kappa shape index (κ2) is 6.79. The van der Waals surface area contributed by atoms with E-state index in [9.17, 15) is 0 Å². The molecule has 24 heavy (non-hydrogen) atoms. The zero-order valence-corrected chi connectivity index (χ0v) is 15.1. The van der Waals surface area contributed by atoms with Gasteiger partial charge in [-0.1, -0.05) is 19.3 Å². The molecule has 1 N–H and O–H groups in total. The molecule has 1 aromatic carbocycles. The molecule has 3 nitrogen and oxygen atoms in total.